The van der Waals surface area contributed by atoms with Gasteiger partial charge in [-0.2, -0.15) is 0 Å². The number of primary amides is 1. The monoisotopic (exact) mass is 319 g/mol. The zero-order valence-electron chi connectivity index (χ0n) is 12.1. The number of carbonyl (C=O) groups is 1. The Labute approximate surface area is 125 Å². The molecule has 1 aromatic rings. The highest BCUT2D eigenvalue weighted by molar-refractivity contribution is 5.88. The third-order valence-corrected chi connectivity index (χ3v) is 4.00. The number of ether oxygens (including phenoxy) is 3. The number of hydrogen-bond acceptors (Lipinski definition) is 4. The molecule has 0 unspecified atom stereocenters. The number of benzene rings is 1. The molecule has 0 radical (unpaired) electrons. The van der Waals surface area contributed by atoms with Crippen molar-refractivity contribution in [1.29, 1.82) is 0 Å². The van der Waals surface area contributed by atoms with E-state index in [1.165, 1.54) is 26.4 Å². The Kier molecular flexibility index (Phi) is 4.09. The summed E-state index contributed by atoms with van der Waals surface area (Å²) in [6, 6.07) is 5.07. The molecule has 1 aliphatic carbocycles. The molecule has 0 spiro atoms. The Morgan fingerprint density at radius 3 is 2.00 bits per heavy atom. The van der Waals surface area contributed by atoms with Crippen LogP contribution in [0, 0.1) is 0 Å². The number of halogens is 3. The van der Waals surface area contributed by atoms with Crippen molar-refractivity contribution in [1.82, 2.24) is 0 Å². The molecule has 1 aromatic carbocycles. The number of hydrogen-bond donors (Lipinski definition) is 1. The van der Waals surface area contributed by atoms with Gasteiger partial charge >= 0.3 is 6.36 Å². The van der Waals surface area contributed by atoms with E-state index in [-0.39, 0.29) is 18.6 Å². The minimum atomic E-state index is -4.76. The van der Waals surface area contributed by atoms with Gasteiger partial charge in [0, 0.05) is 27.1 Å². The molecule has 122 valence electrons. The maximum Gasteiger partial charge on any atom is 0.573 e. The fourth-order valence-electron chi connectivity index (χ4n) is 2.74. The summed E-state index contributed by atoms with van der Waals surface area (Å²) >= 11 is 0. The molecule has 1 fully saturated rings. The third kappa shape index (κ3) is 2.89. The molecule has 5 nitrogen and oxygen atoms in total. The zero-order valence-corrected chi connectivity index (χ0v) is 12.1. The van der Waals surface area contributed by atoms with E-state index in [1.807, 2.05) is 0 Å². The first kappa shape index (κ1) is 16.6. The van der Waals surface area contributed by atoms with E-state index in [9.17, 15) is 18.0 Å². The van der Waals surface area contributed by atoms with Crippen molar-refractivity contribution in [3.8, 4) is 5.75 Å². The fourth-order valence-corrected chi connectivity index (χ4v) is 2.74. The zero-order chi connectivity index (χ0) is 16.6. The lowest BCUT2D eigenvalue weighted by atomic mass is 9.60. The standard InChI is InChI=1S/C14H16F3NO4/c1-20-13(21-2)7-12(8-13,11(18)19)9-3-5-10(6-4-9)22-14(15,16)17/h3-6H,7-8H2,1-2H3,(H2,18,19). The minimum absolute atomic E-state index is 0.196. The van der Waals surface area contributed by atoms with Gasteiger partial charge in [-0.15, -0.1) is 13.2 Å². The molecule has 0 aromatic heterocycles. The maximum absolute atomic E-state index is 12.1. The molecule has 0 bridgehead atoms. The lowest BCUT2D eigenvalue weighted by molar-refractivity contribution is -0.274. The molecular formula is C14H16F3NO4. The molecule has 1 amide bonds. The quantitative estimate of drug-likeness (QED) is 0.844. The predicted octanol–water partition coefficient (Wildman–Crippen LogP) is 2.09. The summed E-state index contributed by atoms with van der Waals surface area (Å²) in [6.45, 7) is 0. The largest absolute Gasteiger partial charge is 0.573 e. The third-order valence-electron chi connectivity index (χ3n) is 4.00. The first-order valence-electron chi connectivity index (χ1n) is 6.43. The summed E-state index contributed by atoms with van der Waals surface area (Å²) in [5, 5.41) is 0. The minimum Gasteiger partial charge on any atom is -0.406 e. The molecule has 1 saturated carbocycles. The smallest absolute Gasteiger partial charge is 0.406 e. The summed E-state index contributed by atoms with van der Waals surface area (Å²) in [7, 11) is 2.91. The van der Waals surface area contributed by atoms with Crippen molar-refractivity contribution in [2.75, 3.05) is 14.2 Å². The Bertz CT molecular complexity index is 544. The van der Waals surface area contributed by atoms with Gasteiger partial charge in [0.1, 0.15) is 5.75 Å². The number of alkyl halides is 3. The lowest BCUT2D eigenvalue weighted by Gasteiger charge is -2.52. The molecule has 0 aliphatic heterocycles. The van der Waals surface area contributed by atoms with Crippen LogP contribution in [0.1, 0.15) is 18.4 Å². The average Bonchev–Trinajstić information content (AvgIpc) is 2.38. The fraction of sp³-hybridized carbons (Fsp3) is 0.500. The molecule has 1 aliphatic rings. The van der Waals surface area contributed by atoms with Crippen LogP contribution in [-0.4, -0.2) is 32.3 Å². The first-order valence-corrected chi connectivity index (χ1v) is 6.43. The van der Waals surface area contributed by atoms with Crippen LogP contribution in [0.15, 0.2) is 24.3 Å². The van der Waals surface area contributed by atoms with Gasteiger partial charge in [-0.05, 0) is 17.7 Å². The van der Waals surface area contributed by atoms with Crippen molar-refractivity contribution in [2.24, 2.45) is 5.73 Å². The van der Waals surface area contributed by atoms with Gasteiger partial charge < -0.3 is 19.9 Å². The second kappa shape index (κ2) is 5.44. The molecule has 2 rings (SSSR count). The first-order chi connectivity index (χ1) is 10.2. The van der Waals surface area contributed by atoms with E-state index < -0.39 is 23.5 Å². The van der Waals surface area contributed by atoms with Gasteiger partial charge in [-0.3, -0.25) is 4.79 Å². The number of carbonyl (C=O) groups excluding carboxylic acids is 1. The van der Waals surface area contributed by atoms with Crippen LogP contribution >= 0.6 is 0 Å². The van der Waals surface area contributed by atoms with E-state index >= 15 is 0 Å². The van der Waals surface area contributed by atoms with E-state index in [1.54, 1.807) is 0 Å². The van der Waals surface area contributed by atoms with Crippen LogP contribution < -0.4 is 10.5 Å². The molecule has 8 heteroatoms. The van der Waals surface area contributed by atoms with Gasteiger partial charge in [0.2, 0.25) is 5.91 Å². The summed E-state index contributed by atoms with van der Waals surface area (Å²) in [4.78, 5) is 11.8. The Morgan fingerprint density at radius 2 is 1.64 bits per heavy atom. The van der Waals surface area contributed by atoms with Crippen LogP contribution in [0.5, 0.6) is 5.75 Å². The highest BCUT2D eigenvalue weighted by atomic mass is 19.4. The normalized spacial score (nSPS) is 19.3. The second-order valence-electron chi connectivity index (χ2n) is 5.19. The molecule has 0 atom stereocenters. The average molecular weight is 319 g/mol. The summed E-state index contributed by atoms with van der Waals surface area (Å²) in [5.74, 6) is -1.85. The van der Waals surface area contributed by atoms with Crippen molar-refractivity contribution < 1.29 is 32.2 Å². The number of rotatable bonds is 5. The van der Waals surface area contributed by atoms with Crippen LogP contribution in [0.3, 0.4) is 0 Å². The maximum atomic E-state index is 12.1. The topological polar surface area (TPSA) is 70.8 Å². The molecule has 0 heterocycles. The van der Waals surface area contributed by atoms with E-state index in [4.69, 9.17) is 15.2 Å². The summed E-state index contributed by atoms with van der Waals surface area (Å²) in [5.41, 5.74) is 4.95. The predicted molar refractivity (Wildman–Crippen MR) is 70.0 cm³/mol. The van der Waals surface area contributed by atoms with Crippen molar-refractivity contribution in [3.63, 3.8) is 0 Å². The highest BCUT2D eigenvalue weighted by Gasteiger charge is 2.60. The molecule has 0 saturated heterocycles. The van der Waals surface area contributed by atoms with Gasteiger partial charge in [0.05, 0.1) is 5.41 Å². The second-order valence-corrected chi connectivity index (χ2v) is 5.19. The van der Waals surface area contributed by atoms with Crippen LogP contribution in [0.25, 0.3) is 0 Å². The van der Waals surface area contributed by atoms with Crippen molar-refractivity contribution in [2.45, 2.75) is 30.4 Å². The Balaban J connectivity index is 2.23. The van der Waals surface area contributed by atoms with E-state index in [0.717, 1.165) is 12.1 Å². The van der Waals surface area contributed by atoms with Crippen LogP contribution in [0.2, 0.25) is 0 Å². The number of nitrogens with two attached hydrogens (primary N) is 1. The number of methoxy groups -OCH3 is 2. The lowest BCUT2D eigenvalue weighted by Crippen LogP contribution is -2.62. The van der Waals surface area contributed by atoms with Crippen LogP contribution in [0.4, 0.5) is 13.2 Å². The van der Waals surface area contributed by atoms with Gasteiger partial charge in [0.15, 0.2) is 5.79 Å². The SMILES string of the molecule is COC1(OC)CC(C(N)=O)(c2ccc(OC(F)(F)F)cc2)C1. The van der Waals surface area contributed by atoms with E-state index in [0.29, 0.717) is 5.56 Å². The van der Waals surface area contributed by atoms with Crippen molar-refractivity contribution in [3.05, 3.63) is 29.8 Å². The van der Waals surface area contributed by atoms with Gasteiger partial charge in [-0.25, -0.2) is 0 Å². The molecular weight excluding hydrogens is 303 g/mol. The Hall–Kier alpha value is -1.80. The molecule has 22 heavy (non-hydrogen) atoms. The Morgan fingerprint density at radius 1 is 1.14 bits per heavy atom. The van der Waals surface area contributed by atoms with Crippen LogP contribution in [-0.2, 0) is 19.7 Å². The molecule has 2 N–H and O–H groups in total. The van der Waals surface area contributed by atoms with Crippen molar-refractivity contribution >= 4 is 5.91 Å². The summed E-state index contributed by atoms with van der Waals surface area (Å²) in [6.07, 6.45) is -4.37. The number of amides is 1. The summed E-state index contributed by atoms with van der Waals surface area (Å²) < 4.78 is 50.7. The van der Waals surface area contributed by atoms with E-state index in [2.05, 4.69) is 4.74 Å². The highest BCUT2D eigenvalue weighted by Crippen LogP contribution is 2.52. The van der Waals surface area contributed by atoms with Gasteiger partial charge in [-0.1, -0.05) is 12.1 Å². The van der Waals surface area contributed by atoms with Gasteiger partial charge in [0.25, 0.3) is 0 Å².